The molecule has 1 fully saturated rings. The quantitative estimate of drug-likeness (QED) is 0.853. The highest BCUT2D eigenvalue weighted by Gasteiger charge is 2.14. The van der Waals surface area contributed by atoms with Gasteiger partial charge in [0.15, 0.2) is 0 Å². The fourth-order valence-electron chi connectivity index (χ4n) is 2.76. The first-order chi connectivity index (χ1) is 9.24. The zero-order valence-corrected chi connectivity index (χ0v) is 12.4. The number of hydrogen-bond acceptors (Lipinski definition) is 3. The van der Waals surface area contributed by atoms with E-state index in [1.807, 2.05) is 0 Å². The zero-order valence-electron chi connectivity index (χ0n) is 12.4. The van der Waals surface area contributed by atoms with E-state index in [2.05, 4.69) is 42.4 Å². The lowest BCUT2D eigenvalue weighted by Gasteiger charge is -2.22. The van der Waals surface area contributed by atoms with E-state index in [4.69, 9.17) is 4.74 Å². The van der Waals surface area contributed by atoms with Gasteiger partial charge in [-0.1, -0.05) is 6.92 Å². The topological polar surface area (TPSA) is 24.5 Å². The molecule has 0 saturated carbocycles. The monoisotopic (exact) mass is 262 g/mol. The molecule has 106 valence electrons. The van der Waals surface area contributed by atoms with Crippen molar-refractivity contribution < 1.29 is 4.74 Å². The number of aryl methyl sites for hydroxylation is 1. The predicted octanol–water partition coefficient (Wildman–Crippen LogP) is 2.84. The normalized spacial score (nSPS) is 18.6. The highest BCUT2D eigenvalue weighted by atomic mass is 16.5. The third kappa shape index (κ3) is 3.63. The fourth-order valence-corrected chi connectivity index (χ4v) is 2.76. The molecule has 0 bridgehead atoms. The van der Waals surface area contributed by atoms with Crippen LogP contribution in [0, 0.1) is 0 Å². The molecular weight excluding hydrogens is 236 g/mol. The first-order valence-corrected chi connectivity index (χ1v) is 7.36. The smallest absolute Gasteiger partial charge is 0.122 e. The average molecular weight is 262 g/mol. The molecule has 0 amide bonds. The van der Waals surface area contributed by atoms with Crippen LogP contribution in [0.4, 0.5) is 5.69 Å². The van der Waals surface area contributed by atoms with Crippen molar-refractivity contribution in [1.29, 1.82) is 0 Å². The molecule has 1 aliphatic rings. The van der Waals surface area contributed by atoms with Gasteiger partial charge in [0, 0.05) is 25.3 Å². The standard InChI is InChI=1S/C16H26N2O/c1-4-13-12-15(7-8-16(13)19-3)18(2)11-9-14-6-5-10-17-14/h7-8,12,14,17H,4-6,9-11H2,1-3H3. The summed E-state index contributed by atoms with van der Waals surface area (Å²) in [6.07, 6.45) is 4.90. The maximum absolute atomic E-state index is 5.38. The lowest BCUT2D eigenvalue weighted by molar-refractivity contribution is 0.410. The number of anilines is 1. The highest BCUT2D eigenvalue weighted by molar-refractivity contribution is 5.52. The summed E-state index contributed by atoms with van der Waals surface area (Å²) in [6, 6.07) is 7.20. The number of hydrogen-bond donors (Lipinski definition) is 1. The van der Waals surface area contributed by atoms with Crippen LogP contribution in [0.5, 0.6) is 5.75 Å². The lowest BCUT2D eigenvalue weighted by Crippen LogP contribution is -2.28. The molecule has 0 radical (unpaired) electrons. The van der Waals surface area contributed by atoms with Crippen LogP contribution in [0.1, 0.15) is 31.7 Å². The molecule has 1 aromatic rings. The van der Waals surface area contributed by atoms with Crippen LogP contribution in [0.15, 0.2) is 18.2 Å². The maximum Gasteiger partial charge on any atom is 0.122 e. The van der Waals surface area contributed by atoms with Crippen molar-refractivity contribution in [2.24, 2.45) is 0 Å². The Balaban J connectivity index is 1.95. The van der Waals surface area contributed by atoms with Gasteiger partial charge >= 0.3 is 0 Å². The summed E-state index contributed by atoms with van der Waals surface area (Å²) in [5.41, 5.74) is 2.57. The van der Waals surface area contributed by atoms with Crippen molar-refractivity contribution in [3.63, 3.8) is 0 Å². The van der Waals surface area contributed by atoms with Crippen molar-refractivity contribution in [3.8, 4) is 5.75 Å². The van der Waals surface area contributed by atoms with E-state index >= 15 is 0 Å². The number of nitrogens with one attached hydrogen (secondary N) is 1. The van der Waals surface area contributed by atoms with E-state index in [0.29, 0.717) is 6.04 Å². The molecule has 2 rings (SSSR count). The highest BCUT2D eigenvalue weighted by Crippen LogP contribution is 2.25. The second-order valence-corrected chi connectivity index (χ2v) is 5.35. The van der Waals surface area contributed by atoms with Crippen LogP contribution >= 0.6 is 0 Å². The fraction of sp³-hybridized carbons (Fsp3) is 0.625. The molecule has 1 unspecified atom stereocenters. The van der Waals surface area contributed by atoms with Gasteiger partial charge in [0.1, 0.15) is 5.75 Å². The average Bonchev–Trinajstić information content (AvgIpc) is 2.97. The molecule has 1 heterocycles. The van der Waals surface area contributed by atoms with Crippen molar-refractivity contribution in [2.75, 3.05) is 32.1 Å². The molecule has 3 nitrogen and oxygen atoms in total. The van der Waals surface area contributed by atoms with Crippen LogP contribution < -0.4 is 15.0 Å². The Hall–Kier alpha value is -1.22. The van der Waals surface area contributed by atoms with E-state index in [0.717, 1.165) is 18.7 Å². The number of benzene rings is 1. The Kier molecular flexibility index (Phi) is 5.08. The van der Waals surface area contributed by atoms with Crippen molar-refractivity contribution in [1.82, 2.24) is 5.32 Å². The van der Waals surface area contributed by atoms with E-state index in [9.17, 15) is 0 Å². The molecule has 0 aliphatic carbocycles. The van der Waals surface area contributed by atoms with Gasteiger partial charge in [0.2, 0.25) is 0 Å². The van der Waals surface area contributed by atoms with Crippen LogP contribution in [-0.2, 0) is 6.42 Å². The van der Waals surface area contributed by atoms with Gasteiger partial charge in [-0.05, 0) is 56.0 Å². The molecule has 19 heavy (non-hydrogen) atoms. The number of rotatable bonds is 6. The van der Waals surface area contributed by atoms with Crippen LogP contribution in [0.25, 0.3) is 0 Å². The van der Waals surface area contributed by atoms with E-state index in [-0.39, 0.29) is 0 Å². The summed E-state index contributed by atoms with van der Waals surface area (Å²) in [4.78, 5) is 2.35. The summed E-state index contributed by atoms with van der Waals surface area (Å²) in [5, 5.41) is 3.56. The number of methoxy groups -OCH3 is 1. The molecule has 1 aliphatic heterocycles. The van der Waals surface area contributed by atoms with Gasteiger partial charge in [-0.2, -0.15) is 0 Å². The van der Waals surface area contributed by atoms with Gasteiger partial charge in [-0.3, -0.25) is 0 Å². The third-order valence-corrected chi connectivity index (χ3v) is 4.06. The van der Waals surface area contributed by atoms with E-state index in [1.54, 1.807) is 7.11 Å². The van der Waals surface area contributed by atoms with Crippen LogP contribution in [0.3, 0.4) is 0 Å². The van der Waals surface area contributed by atoms with Crippen molar-refractivity contribution in [3.05, 3.63) is 23.8 Å². The molecule has 1 saturated heterocycles. The van der Waals surface area contributed by atoms with E-state index in [1.165, 1.54) is 37.1 Å². The van der Waals surface area contributed by atoms with Gasteiger partial charge in [-0.15, -0.1) is 0 Å². The summed E-state index contributed by atoms with van der Waals surface area (Å²) >= 11 is 0. The van der Waals surface area contributed by atoms with Gasteiger partial charge in [-0.25, -0.2) is 0 Å². The minimum atomic E-state index is 0.714. The number of nitrogens with zero attached hydrogens (tertiary/aromatic N) is 1. The van der Waals surface area contributed by atoms with Gasteiger partial charge in [0.05, 0.1) is 7.11 Å². The molecule has 1 atom stereocenters. The Morgan fingerprint density at radius 1 is 1.42 bits per heavy atom. The lowest BCUT2D eigenvalue weighted by atomic mass is 10.1. The van der Waals surface area contributed by atoms with Gasteiger partial charge in [0.25, 0.3) is 0 Å². The summed E-state index contributed by atoms with van der Waals surface area (Å²) < 4.78 is 5.38. The Labute approximate surface area is 116 Å². The minimum absolute atomic E-state index is 0.714. The Morgan fingerprint density at radius 2 is 2.26 bits per heavy atom. The summed E-state index contributed by atoms with van der Waals surface area (Å²) in [5.74, 6) is 0.997. The predicted molar refractivity (Wildman–Crippen MR) is 81.3 cm³/mol. The van der Waals surface area contributed by atoms with Crippen LogP contribution in [0.2, 0.25) is 0 Å². The molecule has 3 heteroatoms. The largest absolute Gasteiger partial charge is 0.496 e. The maximum atomic E-state index is 5.38. The Morgan fingerprint density at radius 3 is 2.89 bits per heavy atom. The number of ether oxygens (including phenoxy) is 1. The van der Waals surface area contributed by atoms with Crippen molar-refractivity contribution in [2.45, 2.75) is 38.6 Å². The second kappa shape index (κ2) is 6.80. The summed E-state index contributed by atoms with van der Waals surface area (Å²) in [6.45, 7) is 4.47. The Bertz CT molecular complexity index is 400. The van der Waals surface area contributed by atoms with Gasteiger partial charge < -0.3 is 15.0 Å². The zero-order chi connectivity index (χ0) is 13.7. The second-order valence-electron chi connectivity index (χ2n) is 5.35. The third-order valence-electron chi connectivity index (χ3n) is 4.06. The molecule has 0 aromatic heterocycles. The molecule has 1 N–H and O–H groups in total. The SMILES string of the molecule is CCc1cc(N(C)CCC2CCCN2)ccc1OC. The molecule has 0 spiro atoms. The van der Waals surface area contributed by atoms with Crippen LogP contribution in [-0.4, -0.2) is 33.3 Å². The molecular formula is C16H26N2O. The minimum Gasteiger partial charge on any atom is -0.496 e. The molecule has 1 aromatic carbocycles. The van der Waals surface area contributed by atoms with Crippen molar-refractivity contribution >= 4 is 5.69 Å². The van der Waals surface area contributed by atoms with E-state index < -0.39 is 0 Å². The first kappa shape index (κ1) is 14.2. The summed E-state index contributed by atoms with van der Waals surface area (Å²) in [7, 11) is 3.92. The first-order valence-electron chi connectivity index (χ1n) is 7.36.